The molecule has 43 heavy (non-hydrogen) atoms. The summed E-state index contributed by atoms with van der Waals surface area (Å²) in [6.45, 7) is 27.9. The van der Waals surface area contributed by atoms with Gasteiger partial charge < -0.3 is 4.90 Å². The van der Waals surface area contributed by atoms with Crippen LogP contribution in [0.3, 0.4) is 0 Å². The van der Waals surface area contributed by atoms with E-state index in [0.29, 0.717) is 5.92 Å². The fraction of sp³-hybridized carbons (Fsp3) is 0.286. The standard InChI is InChI=1S/C42H53N/c1-11-17-30-43(39-27-25-38(26-28-39)37(20-13-3)21-14-4)42-29-24-36(31-41(42)32(7)15-5)23-18-22-33(8)35(10)40(16-6)34(9)19-12-2/h11-19,21-22,24-29,31-32,37H,3,5-6,20,23,30H2,1-2,4,7-10H3/b17-11-,19-12-,21-14-,22-18-,35-33+,40-34+. The molecule has 0 saturated carbocycles. The summed E-state index contributed by atoms with van der Waals surface area (Å²) in [6.07, 6.45) is 25.2. The van der Waals surface area contributed by atoms with Gasteiger partial charge in [0.1, 0.15) is 0 Å². The first-order valence-corrected chi connectivity index (χ1v) is 15.5. The molecule has 0 spiro atoms. The van der Waals surface area contributed by atoms with Crippen LogP contribution in [-0.4, -0.2) is 6.54 Å². The lowest BCUT2D eigenvalue weighted by Crippen LogP contribution is -2.19. The van der Waals surface area contributed by atoms with E-state index in [1.54, 1.807) is 0 Å². The minimum atomic E-state index is 0.219. The Bertz CT molecular complexity index is 1400. The zero-order valence-electron chi connectivity index (χ0n) is 27.7. The molecular weight excluding hydrogens is 518 g/mol. The van der Waals surface area contributed by atoms with Crippen LogP contribution in [-0.2, 0) is 6.42 Å². The molecule has 226 valence electrons. The lowest BCUT2D eigenvalue weighted by atomic mass is 9.93. The molecule has 0 fully saturated rings. The molecule has 0 amide bonds. The van der Waals surface area contributed by atoms with Crippen molar-refractivity contribution in [1.82, 2.24) is 0 Å². The van der Waals surface area contributed by atoms with Crippen LogP contribution in [0, 0.1) is 0 Å². The first-order chi connectivity index (χ1) is 20.8. The highest BCUT2D eigenvalue weighted by atomic mass is 15.1. The summed E-state index contributed by atoms with van der Waals surface area (Å²) in [4.78, 5) is 2.41. The molecule has 1 nitrogen and oxygen atoms in total. The lowest BCUT2D eigenvalue weighted by Gasteiger charge is -2.28. The van der Waals surface area contributed by atoms with Crippen LogP contribution in [0.5, 0.6) is 0 Å². The Labute approximate surface area is 263 Å². The molecule has 2 aromatic rings. The molecule has 2 rings (SSSR count). The molecule has 0 heterocycles. The van der Waals surface area contributed by atoms with Crippen molar-refractivity contribution >= 4 is 11.4 Å². The van der Waals surface area contributed by atoms with Gasteiger partial charge in [0.25, 0.3) is 0 Å². The third kappa shape index (κ3) is 10.00. The normalized spacial score (nSPS) is 14.7. The minimum absolute atomic E-state index is 0.219. The summed E-state index contributed by atoms with van der Waals surface area (Å²) in [6, 6.07) is 15.9. The van der Waals surface area contributed by atoms with Crippen molar-refractivity contribution in [1.29, 1.82) is 0 Å². The van der Waals surface area contributed by atoms with Crippen LogP contribution in [0.1, 0.15) is 83.4 Å². The van der Waals surface area contributed by atoms with E-state index in [-0.39, 0.29) is 5.92 Å². The van der Waals surface area contributed by atoms with Gasteiger partial charge in [-0.3, -0.25) is 0 Å². The van der Waals surface area contributed by atoms with Crippen LogP contribution >= 0.6 is 0 Å². The molecule has 1 heteroatoms. The zero-order chi connectivity index (χ0) is 31.8. The Morgan fingerprint density at radius 3 is 2.14 bits per heavy atom. The predicted octanol–water partition coefficient (Wildman–Crippen LogP) is 12.4. The van der Waals surface area contributed by atoms with Crippen LogP contribution in [0.15, 0.2) is 151 Å². The zero-order valence-corrected chi connectivity index (χ0v) is 27.7. The molecule has 2 aromatic carbocycles. The van der Waals surface area contributed by atoms with Gasteiger partial charge in [0.15, 0.2) is 0 Å². The van der Waals surface area contributed by atoms with E-state index in [9.17, 15) is 0 Å². The third-order valence-corrected chi connectivity index (χ3v) is 7.99. The highest BCUT2D eigenvalue weighted by molar-refractivity contribution is 5.69. The number of rotatable bonds is 16. The van der Waals surface area contributed by atoms with Crippen LogP contribution in [0.25, 0.3) is 0 Å². The Balaban J connectivity index is 2.47. The van der Waals surface area contributed by atoms with Gasteiger partial charge in [-0.2, -0.15) is 0 Å². The summed E-state index contributed by atoms with van der Waals surface area (Å²) in [5.41, 5.74) is 11.2. The Morgan fingerprint density at radius 2 is 1.56 bits per heavy atom. The molecule has 0 aliphatic rings. The molecule has 0 bridgehead atoms. The number of hydrogen-bond donors (Lipinski definition) is 0. The third-order valence-electron chi connectivity index (χ3n) is 7.99. The van der Waals surface area contributed by atoms with E-state index < -0.39 is 0 Å². The first-order valence-electron chi connectivity index (χ1n) is 15.5. The average molecular weight is 572 g/mol. The summed E-state index contributed by atoms with van der Waals surface area (Å²) in [5.74, 6) is 0.569. The first kappa shape index (κ1) is 35.1. The van der Waals surface area contributed by atoms with Crippen LogP contribution in [0.2, 0.25) is 0 Å². The van der Waals surface area contributed by atoms with Gasteiger partial charge in [-0.1, -0.05) is 105 Å². The largest absolute Gasteiger partial charge is 0.337 e. The maximum absolute atomic E-state index is 4.14. The number of nitrogens with zero attached hydrogens (tertiary/aromatic N) is 1. The van der Waals surface area contributed by atoms with Crippen molar-refractivity contribution in [3.63, 3.8) is 0 Å². The second-order valence-electron chi connectivity index (χ2n) is 11.1. The lowest BCUT2D eigenvalue weighted by molar-refractivity contribution is 0.863. The summed E-state index contributed by atoms with van der Waals surface area (Å²) < 4.78 is 0. The van der Waals surface area contributed by atoms with Gasteiger partial charge in [0.2, 0.25) is 0 Å². The summed E-state index contributed by atoms with van der Waals surface area (Å²) >= 11 is 0. The molecular formula is C42H53N. The van der Waals surface area contributed by atoms with E-state index in [1.165, 1.54) is 50.4 Å². The number of anilines is 2. The van der Waals surface area contributed by atoms with Crippen molar-refractivity contribution in [2.24, 2.45) is 0 Å². The van der Waals surface area contributed by atoms with Gasteiger partial charge in [-0.15, -0.1) is 13.2 Å². The summed E-state index contributed by atoms with van der Waals surface area (Å²) in [7, 11) is 0. The molecule has 2 unspecified atom stereocenters. The van der Waals surface area contributed by atoms with Gasteiger partial charge in [0.05, 0.1) is 0 Å². The fourth-order valence-electron chi connectivity index (χ4n) is 5.32. The molecule has 0 N–H and O–H groups in total. The highest BCUT2D eigenvalue weighted by Crippen LogP contribution is 2.35. The number of hydrogen-bond acceptors (Lipinski definition) is 1. The fourth-order valence-corrected chi connectivity index (χ4v) is 5.32. The van der Waals surface area contributed by atoms with Gasteiger partial charge in [-0.05, 0) is 112 Å². The topological polar surface area (TPSA) is 3.24 Å². The van der Waals surface area contributed by atoms with Crippen LogP contribution < -0.4 is 4.90 Å². The highest BCUT2D eigenvalue weighted by Gasteiger charge is 2.17. The monoisotopic (exact) mass is 571 g/mol. The summed E-state index contributed by atoms with van der Waals surface area (Å²) in [5, 5.41) is 0. The van der Waals surface area contributed by atoms with E-state index in [4.69, 9.17) is 0 Å². The second kappa shape index (κ2) is 18.4. The van der Waals surface area contributed by atoms with E-state index in [2.05, 4.69) is 157 Å². The minimum Gasteiger partial charge on any atom is -0.337 e. The van der Waals surface area contributed by atoms with Crippen molar-refractivity contribution in [2.45, 2.75) is 73.1 Å². The van der Waals surface area contributed by atoms with Gasteiger partial charge >= 0.3 is 0 Å². The molecule has 0 saturated heterocycles. The molecule has 0 radical (unpaired) electrons. The van der Waals surface area contributed by atoms with Crippen LogP contribution in [0.4, 0.5) is 11.4 Å². The van der Waals surface area contributed by atoms with E-state index >= 15 is 0 Å². The Morgan fingerprint density at radius 1 is 0.837 bits per heavy atom. The predicted molar refractivity (Wildman–Crippen MR) is 195 cm³/mol. The SMILES string of the molecule is C=CCC(/C=C\C)c1ccc(N(C/C=C\C)c2ccc(C\C=C/C(C)=C(C)/C(C=C)=C(C)/C=C\C)cc2C(C)C=C)cc1. The molecule has 0 aliphatic carbocycles. The van der Waals surface area contributed by atoms with Gasteiger partial charge in [0, 0.05) is 29.8 Å². The van der Waals surface area contributed by atoms with E-state index in [0.717, 1.165) is 19.4 Å². The smallest absolute Gasteiger partial charge is 0.0452 e. The quantitative estimate of drug-likeness (QED) is 0.143. The maximum atomic E-state index is 4.14. The van der Waals surface area contributed by atoms with Crippen molar-refractivity contribution in [3.8, 4) is 0 Å². The van der Waals surface area contributed by atoms with Crippen molar-refractivity contribution in [2.75, 3.05) is 11.4 Å². The maximum Gasteiger partial charge on any atom is 0.0452 e. The Hall–Kier alpha value is -4.10. The number of allylic oxidation sites excluding steroid dienone is 14. The molecule has 0 aliphatic heterocycles. The van der Waals surface area contributed by atoms with E-state index in [1.807, 2.05) is 25.2 Å². The van der Waals surface area contributed by atoms with Crippen molar-refractivity contribution in [3.05, 3.63) is 168 Å². The van der Waals surface area contributed by atoms with Gasteiger partial charge in [-0.25, -0.2) is 0 Å². The van der Waals surface area contributed by atoms with Crippen molar-refractivity contribution < 1.29 is 0 Å². The average Bonchev–Trinajstić information content (AvgIpc) is 3.01. The Kier molecular flexibility index (Phi) is 15.1. The molecule has 2 atom stereocenters. The number of benzene rings is 2. The second-order valence-corrected chi connectivity index (χ2v) is 11.1. The molecule has 0 aromatic heterocycles.